The Morgan fingerprint density at radius 1 is 1.21 bits per heavy atom. The van der Waals surface area contributed by atoms with Gasteiger partial charge in [0.2, 0.25) is 0 Å². The Morgan fingerprint density at radius 2 is 1.84 bits per heavy atom. The van der Waals surface area contributed by atoms with E-state index in [2.05, 4.69) is 0 Å². The molecule has 0 saturated carbocycles. The van der Waals surface area contributed by atoms with Crippen LogP contribution in [0, 0.1) is 6.92 Å². The lowest BCUT2D eigenvalue weighted by atomic mass is 10.2. The summed E-state index contributed by atoms with van der Waals surface area (Å²) in [5.74, 6) is 0.626. The molecule has 0 atom stereocenters. The van der Waals surface area contributed by atoms with Crippen LogP contribution in [0.5, 0.6) is 5.75 Å². The highest BCUT2D eigenvalue weighted by atomic mass is 35.7. The fraction of sp³-hybridized carbons (Fsp3) is 0.538. The minimum Gasteiger partial charge on any atom is -0.491 e. The summed E-state index contributed by atoms with van der Waals surface area (Å²) in [6.07, 6.45) is 0. The zero-order valence-corrected chi connectivity index (χ0v) is 13.1. The topological polar surface area (TPSA) is 52.6 Å². The Kier molecular flexibility index (Phi) is 5.24. The highest BCUT2D eigenvalue weighted by Crippen LogP contribution is 2.23. The Morgan fingerprint density at radius 3 is 2.32 bits per heavy atom. The second-order valence-corrected chi connectivity index (χ2v) is 7.74. The Bertz CT molecular complexity index is 532. The number of ether oxygens (including phenoxy) is 2. The molecule has 0 aliphatic rings. The molecule has 0 heterocycles. The molecule has 0 amide bonds. The van der Waals surface area contributed by atoms with Crippen molar-refractivity contribution in [3.63, 3.8) is 0 Å². The maximum atomic E-state index is 11.2. The first-order valence-electron chi connectivity index (χ1n) is 5.92. The molecule has 1 aromatic carbocycles. The van der Waals surface area contributed by atoms with Gasteiger partial charge in [0.1, 0.15) is 12.4 Å². The summed E-state index contributed by atoms with van der Waals surface area (Å²) in [5.41, 5.74) is 0.520. The van der Waals surface area contributed by atoms with E-state index in [-0.39, 0.29) is 10.5 Å². The van der Waals surface area contributed by atoms with Crippen molar-refractivity contribution in [1.82, 2.24) is 0 Å². The molecular weight excluding hydrogens is 288 g/mol. The van der Waals surface area contributed by atoms with Crippen LogP contribution >= 0.6 is 10.7 Å². The summed E-state index contributed by atoms with van der Waals surface area (Å²) in [6.45, 7) is 8.56. The smallest absolute Gasteiger partial charge is 0.261 e. The molecule has 19 heavy (non-hydrogen) atoms. The molecule has 4 nitrogen and oxygen atoms in total. The van der Waals surface area contributed by atoms with Gasteiger partial charge in [0.05, 0.1) is 17.1 Å². The van der Waals surface area contributed by atoms with Crippen LogP contribution in [0.25, 0.3) is 0 Å². The lowest BCUT2D eigenvalue weighted by Gasteiger charge is -2.19. The number of benzene rings is 1. The average molecular weight is 307 g/mol. The fourth-order valence-corrected chi connectivity index (χ4v) is 2.27. The van der Waals surface area contributed by atoms with Crippen LogP contribution in [0.15, 0.2) is 23.1 Å². The number of aryl methyl sites for hydroxylation is 1. The standard InChI is InChI=1S/C13H19ClO4S/c1-10-9-11(19(14,15)16)5-6-12(10)17-7-8-18-13(2,3)4/h5-6,9H,7-8H2,1-4H3. The molecule has 0 saturated heterocycles. The van der Waals surface area contributed by atoms with E-state index in [1.807, 2.05) is 20.8 Å². The molecule has 0 unspecified atom stereocenters. The van der Waals surface area contributed by atoms with Crippen LogP contribution in [0.3, 0.4) is 0 Å². The second kappa shape index (κ2) is 6.11. The maximum absolute atomic E-state index is 11.2. The zero-order valence-electron chi connectivity index (χ0n) is 11.6. The van der Waals surface area contributed by atoms with Crippen molar-refractivity contribution in [3.8, 4) is 5.75 Å². The molecule has 108 valence electrons. The summed E-state index contributed by atoms with van der Waals surface area (Å²) in [5, 5.41) is 0. The average Bonchev–Trinajstić information content (AvgIpc) is 2.23. The van der Waals surface area contributed by atoms with Crippen molar-refractivity contribution in [1.29, 1.82) is 0 Å². The minimum absolute atomic E-state index is 0.0740. The monoisotopic (exact) mass is 306 g/mol. The Labute approximate surface area is 119 Å². The van der Waals surface area contributed by atoms with E-state index in [1.54, 1.807) is 13.0 Å². The summed E-state index contributed by atoms with van der Waals surface area (Å²) in [7, 11) is 1.58. The van der Waals surface area contributed by atoms with E-state index < -0.39 is 9.05 Å². The van der Waals surface area contributed by atoms with Crippen molar-refractivity contribution in [2.45, 2.75) is 38.2 Å². The van der Waals surface area contributed by atoms with Crippen LogP contribution in [-0.2, 0) is 13.8 Å². The third-order valence-electron chi connectivity index (χ3n) is 2.30. The zero-order chi connectivity index (χ0) is 14.7. The molecule has 6 heteroatoms. The molecule has 1 aromatic rings. The van der Waals surface area contributed by atoms with Gasteiger partial charge in [0.25, 0.3) is 9.05 Å². The number of hydrogen-bond acceptors (Lipinski definition) is 4. The quantitative estimate of drug-likeness (QED) is 0.619. The van der Waals surface area contributed by atoms with E-state index in [9.17, 15) is 8.42 Å². The van der Waals surface area contributed by atoms with Crippen LogP contribution < -0.4 is 4.74 Å². The van der Waals surface area contributed by atoms with Gasteiger partial charge in [0.15, 0.2) is 0 Å². The molecule has 0 bridgehead atoms. The predicted octanol–water partition coefficient (Wildman–Crippen LogP) is 3.12. The van der Waals surface area contributed by atoms with Gasteiger partial charge in [0, 0.05) is 10.7 Å². The van der Waals surface area contributed by atoms with E-state index in [4.69, 9.17) is 20.2 Å². The van der Waals surface area contributed by atoms with E-state index >= 15 is 0 Å². The number of hydrogen-bond donors (Lipinski definition) is 0. The molecule has 0 radical (unpaired) electrons. The fourth-order valence-electron chi connectivity index (χ4n) is 1.43. The van der Waals surface area contributed by atoms with Crippen LogP contribution in [0.1, 0.15) is 26.3 Å². The third kappa shape index (κ3) is 5.80. The van der Waals surface area contributed by atoms with Gasteiger partial charge in [-0.1, -0.05) is 0 Å². The summed E-state index contributed by atoms with van der Waals surface area (Å²) < 4.78 is 33.4. The Balaban J connectivity index is 2.61. The molecule has 0 aliphatic heterocycles. The van der Waals surface area contributed by atoms with Crippen LogP contribution in [0.2, 0.25) is 0 Å². The van der Waals surface area contributed by atoms with Crippen LogP contribution in [-0.4, -0.2) is 27.2 Å². The first kappa shape index (κ1) is 16.3. The van der Waals surface area contributed by atoms with Crippen molar-refractivity contribution in [3.05, 3.63) is 23.8 Å². The van der Waals surface area contributed by atoms with Gasteiger partial charge in [-0.2, -0.15) is 0 Å². The van der Waals surface area contributed by atoms with Crippen molar-refractivity contribution >= 4 is 19.7 Å². The first-order chi connectivity index (χ1) is 8.59. The van der Waals surface area contributed by atoms with Crippen molar-refractivity contribution < 1.29 is 17.9 Å². The molecule has 1 rings (SSSR count). The summed E-state index contributed by atoms with van der Waals surface area (Å²) in [4.78, 5) is 0.0740. The highest BCUT2D eigenvalue weighted by Gasteiger charge is 2.12. The molecule has 0 N–H and O–H groups in total. The lowest BCUT2D eigenvalue weighted by molar-refractivity contribution is -0.0163. The van der Waals surface area contributed by atoms with E-state index in [0.717, 1.165) is 5.56 Å². The van der Waals surface area contributed by atoms with E-state index in [0.29, 0.717) is 19.0 Å². The molecule has 0 fully saturated rings. The van der Waals surface area contributed by atoms with Gasteiger partial charge < -0.3 is 9.47 Å². The Hall–Kier alpha value is -0.780. The van der Waals surface area contributed by atoms with Gasteiger partial charge in [-0.3, -0.25) is 0 Å². The SMILES string of the molecule is Cc1cc(S(=O)(=O)Cl)ccc1OCCOC(C)(C)C. The minimum atomic E-state index is -3.69. The molecule has 0 spiro atoms. The van der Waals surface area contributed by atoms with Gasteiger partial charge in [-0.15, -0.1) is 0 Å². The summed E-state index contributed by atoms with van der Waals surface area (Å²) in [6, 6.07) is 4.51. The second-order valence-electron chi connectivity index (χ2n) is 5.17. The largest absolute Gasteiger partial charge is 0.491 e. The first-order valence-corrected chi connectivity index (χ1v) is 8.22. The lowest BCUT2D eigenvalue weighted by Crippen LogP contribution is -2.22. The van der Waals surface area contributed by atoms with Crippen molar-refractivity contribution in [2.24, 2.45) is 0 Å². The van der Waals surface area contributed by atoms with Crippen molar-refractivity contribution in [2.75, 3.05) is 13.2 Å². The molecule has 0 aliphatic carbocycles. The van der Waals surface area contributed by atoms with Gasteiger partial charge >= 0.3 is 0 Å². The predicted molar refractivity (Wildman–Crippen MR) is 75.4 cm³/mol. The molecule has 0 aromatic heterocycles. The highest BCUT2D eigenvalue weighted by molar-refractivity contribution is 8.13. The van der Waals surface area contributed by atoms with Gasteiger partial charge in [-0.05, 0) is 51.5 Å². The normalized spacial score (nSPS) is 12.5. The van der Waals surface area contributed by atoms with E-state index in [1.165, 1.54) is 12.1 Å². The van der Waals surface area contributed by atoms with Gasteiger partial charge in [-0.25, -0.2) is 8.42 Å². The number of rotatable bonds is 5. The maximum Gasteiger partial charge on any atom is 0.261 e. The summed E-state index contributed by atoms with van der Waals surface area (Å²) >= 11 is 0. The third-order valence-corrected chi connectivity index (χ3v) is 3.66. The van der Waals surface area contributed by atoms with Crippen LogP contribution in [0.4, 0.5) is 0 Å². The molecular formula is C13H19ClO4S. The number of halogens is 1.